The molecule has 0 saturated carbocycles. The molecule has 156 valence electrons. The van der Waals surface area contributed by atoms with Crippen molar-refractivity contribution in [3.63, 3.8) is 0 Å². The van der Waals surface area contributed by atoms with Crippen LogP contribution < -0.4 is 9.64 Å². The van der Waals surface area contributed by atoms with E-state index in [9.17, 15) is 9.59 Å². The number of carbonyl (C=O) groups is 2. The summed E-state index contributed by atoms with van der Waals surface area (Å²) in [5.74, 6) is 5.17. The van der Waals surface area contributed by atoms with E-state index >= 15 is 0 Å². The predicted octanol–water partition coefficient (Wildman–Crippen LogP) is 4.78. The summed E-state index contributed by atoms with van der Waals surface area (Å²) < 4.78 is 10.6. The van der Waals surface area contributed by atoms with E-state index in [-0.39, 0.29) is 6.61 Å². The maximum atomic E-state index is 12.8. The number of carbonyl (C=O) groups excluding carboxylic acids is 1. The van der Waals surface area contributed by atoms with Crippen molar-refractivity contribution >= 4 is 23.4 Å². The number of hydrogen-bond acceptors (Lipinski definition) is 4. The molecular weight excluding hydrogens is 394 g/mol. The number of hydrogen-bond donors (Lipinski definition) is 1. The molecule has 0 aliphatic heterocycles. The Balaban J connectivity index is 1.70. The lowest BCUT2D eigenvalue weighted by molar-refractivity contribution is -0.139. The van der Waals surface area contributed by atoms with Crippen molar-refractivity contribution in [1.82, 2.24) is 0 Å². The molecule has 0 bridgehead atoms. The smallest absolute Gasteiger partial charge is 0.419 e. The molecule has 6 nitrogen and oxygen atoms in total. The van der Waals surface area contributed by atoms with E-state index in [1.54, 1.807) is 25.1 Å². The first-order valence-corrected chi connectivity index (χ1v) is 9.56. The fourth-order valence-corrected chi connectivity index (χ4v) is 2.85. The molecule has 0 aliphatic rings. The van der Waals surface area contributed by atoms with Crippen LogP contribution >= 0.6 is 0 Å². The monoisotopic (exact) mass is 415 g/mol. The van der Waals surface area contributed by atoms with Gasteiger partial charge in [-0.2, -0.15) is 0 Å². The molecule has 3 rings (SSSR count). The number of carboxylic acid groups (broad SMARTS) is 1. The average Bonchev–Trinajstić information content (AvgIpc) is 2.78. The van der Waals surface area contributed by atoms with Crippen LogP contribution in [-0.4, -0.2) is 30.4 Å². The van der Waals surface area contributed by atoms with Crippen LogP contribution in [0.1, 0.15) is 11.1 Å². The molecule has 6 heteroatoms. The largest absolute Gasteiger partial charge is 0.482 e. The van der Waals surface area contributed by atoms with Gasteiger partial charge in [0.2, 0.25) is 0 Å². The zero-order valence-electron chi connectivity index (χ0n) is 16.9. The van der Waals surface area contributed by atoms with Gasteiger partial charge in [-0.15, -0.1) is 0 Å². The molecule has 0 unspecified atom stereocenters. The predicted molar refractivity (Wildman–Crippen MR) is 118 cm³/mol. The van der Waals surface area contributed by atoms with Gasteiger partial charge in [0.05, 0.1) is 11.4 Å². The minimum atomic E-state index is -1.05. The van der Waals surface area contributed by atoms with Crippen molar-refractivity contribution in [1.29, 1.82) is 0 Å². The third-order valence-electron chi connectivity index (χ3n) is 4.34. The number of anilines is 2. The first-order chi connectivity index (χ1) is 15.1. The number of benzene rings is 3. The van der Waals surface area contributed by atoms with Crippen LogP contribution in [0, 0.1) is 18.8 Å². The maximum Gasteiger partial charge on any atom is 0.419 e. The van der Waals surface area contributed by atoms with Gasteiger partial charge in [0.15, 0.2) is 13.2 Å². The fourth-order valence-electron chi connectivity index (χ4n) is 2.85. The van der Waals surface area contributed by atoms with Crippen LogP contribution in [0.4, 0.5) is 16.2 Å². The first-order valence-electron chi connectivity index (χ1n) is 9.56. The van der Waals surface area contributed by atoms with Gasteiger partial charge in [-0.25, -0.2) is 14.5 Å². The molecule has 0 atom stereocenters. The van der Waals surface area contributed by atoms with Gasteiger partial charge in [-0.3, -0.25) is 0 Å². The molecule has 0 spiro atoms. The topological polar surface area (TPSA) is 76.1 Å². The zero-order valence-corrected chi connectivity index (χ0v) is 16.9. The van der Waals surface area contributed by atoms with Crippen LogP contribution in [0.25, 0.3) is 0 Å². The lowest BCUT2D eigenvalue weighted by Gasteiger charge is -2.21. The highest BCUT2D eigenvalue weighted by atomic mass is 16.6. The first kappa shape index (κ1) is 21.5. The second kappa shape index (κ2) is 10.5. The standard InChI is InChI=1S/C25H21NO5/c1-19-20(10-8-16-23(19)31-18-24(27)28)11-9-17-30-25(29)26(21-12-4-2-5-13-21)22-14-6-3-7-15-22/h2-8,10,12-16H,17-18H2,1H3,(H,27,28). The Morgan fingerprint density at radius 2 is 1.52 bits per heavy atom. The van der Waals surface area contributed by atoms with Crippen LogP contribution in [0.3, 0.4) is 0 Å². The van der Waals surface area contributed by atoms with Gasteiger partial charge >= 0.3 is 12.1 Å². The summed E-state index contributed by atoms with van der Waals surface area (Å²) in [5, 5.41) is 8.76. The van der Waals surface area contributed by atoms with Gasteiger partial charge in [-0.1, -0.05) is 54.3 Å². The molecule has 3 aromatic rings. The molecule has 0 saturated heterocycles. The molecule has 0 aliphatic carbocycles. The Morgan fingerprint density at radius 1 is 0.903 bits per heavy atom. The zero-order chi connectivity index (χ0) is 22.1. The molecule has 1 amide bonds. The normalized spacial score (nSPS) is 9.84. The Labute approximate surface area is 180 Å². The molecule has 31 heavy (non-hydrogen) atoms. The number of aliphatic carboxylic acids is 1. The van der Waals surface area contributed by atoms with Gasteiger partial charge < -0.3 is 14.6 Å². The van der Waals surface area contributed by atoms with Gasteiger partial charge in [-0.05, 0) is 43.3 Å². The fraction of sp³-hybridized carbons (Fsp3) is 0.120. The summed E-state index contributed by atoms with van der Waals surface area (Å²) in [4.78, 5) is 25.0. The Hall–Kier alpha value is -4.24. The van der Waals surface area contributed by atoms with E-state index in [2.05, 4.69) is 11.8 Å². The van der Waals surface area contributed by atoms with E-state index in [4.69, 9.17) is 14.6 Å². The molecule has 0 radical (unpaired) electrons. The molecule has 0 heterocycles. The van der Waals surface area contributed by atoms with Crippen molar-refractivity contribution < 1.29 is 24.2 Å². The number of nitrogens with zero attached hydrogens (tertiary/aromatic N) is 1. The highest BCUT2D eigenvalue weighted by molar-refractivity contribution is 5.95. The van der Waals surface area contributed by atoms with Crippen molar-refractivity contribution in [2.45, 2.75) is 6.92 Å². The van der Waals surface area contributed by atoms with Crippen LogP contribution in [0.5, 0.6) is 5.75 Å². The van der Waals surface area contributed by atoms with E-state index in [0.717, 1.165) is 5.56 Å². The number of rotatable bonds is 6. The molecule has 1 N–H and O–H groups in total. The van der Waals surface area contributed by atoms with Crippen LogP contribution in [-0.2, 0) is 9.53 Å². The van der Waals surface area contributed by atoms with Gasteiger partial charge in [0, 0.05) is 11.1 Å². The highest BCUT2D eigenvalue weighted by Gasteiger charge is 2.18. The molecule has 0 aromatic heterocycles. The van der Waals surface area contributed by atoms with E-state index in [1.807, 2.05) is 60.7 Å². The Kier molecular flexibility index (Phi) is 7.28. The summed E-state index contributed by atoms with van der Waals surface area (Å²) in [6.45, 7) is 1.26. The average molecular weight is 415 g/mol. The lowest BCUT2D eigenvalue weighted by Crippen LogP contribution is -2.26. The third kappa shape index (κ3) is 5.87. The minimum absolute atomic E-state index is 0.103. The Morgan fingerprint density at radius 3 is 2.10 bits per heavy atom. The number of ether oxygens (including phenoxy) is 2. The maximum absolute atomic E-state index is 12.8. The molecule has 0 fully saturated rings. The summed E-state index contributed by atoms with van der Waals surface area (Å²) in [7, 11) is 0. The summed E-state index contributed by atoms with van der Waals surface area (Å²) in [6.07, 6.45) is -0.540. The SMILES string of the molecule is Cc1c(C#CCOC(=O)N(c2ccccc2)c2ccccc2)cccc1OCC(=O)O. The number of amides is 1. The highest BCUT2D eigenvalue weighted by Crippen LogP contribution is 2.25. The van der Waals surface area contributed by atoms with Crippen molar-refractivity contribution in [3.05, 3.63) is 90.0 Å². The van der Waals surface area contributed by atoms with Crippen LogP contribution in [0.15, 0.2) is 78.9 Å². The summed E-state index contributed by atoms with van der Waals surface area (Å²) in [6, 6.07) is 23.6. The molecular formula is C25H21NO5. The minimum Gasteiger partial charge on any atom is -0.482 e. The second-order valence-corrected chi connectivity index (χ2v) is 6.47. The summed E-state index contributed by atoms with van der Waals surface area (Å²) in [5.41, 5.74) is 2.76. The van der Waals surface area contributed by atoms with Crippen molar-refractivity contribution in [2.24, 2.45) is 0 Å². The van der Waals surface area contributed by atoms with Crippen molar-refractivity contribution in [2.75, 3.05) is 18.1 Å². The van der Waals surface area contributed by atoms with Crippen molar-refractivity contribution in [3.8, 4) is 17.6 Å². The number of para-hydroxylation sites is 2. The van der Waals surface area contributed by atoms with E-state index < -0.39 is 18.7 Å². The van der Waals surface area contributed by atoms with Crippen LogP contribution in [0.2, 0.25) is 0 Å². The number of carboxylic acids is 1. The third-order valence-corrected chi connectivity index (χ3v) is 4.34. The Bertz CT molecular complexity index is 1060. The van der Waals surface area contributed by atoms with Gasteiger partial charge in [0.1, 0.15) is 5.75 Å². The van der Waals surface area contributed by atoms with E-state index in [1.165, 1.54) is 4.90 Å². The quantitative estimate of drug-likeness (QED) is 0.586. The second-order valence-electron chi connectivity index (χ2n) is 6.47. The summed E-state index contributed by atoms with van der Waals surface area (Å²) >= 11 is 0. The van der Waals surface area contributed by atoms with E-state index in [0.29, 0.717) is 22.7 Å². The van der Waals surface area contributed by atoms with Gasteiger partial charge in [0.25, 0.3) is 0 Å². The lowest BCUT2D eigenvalue weighted by atomic mass is 10.1. The molecule has 3 aromatic carbocycles.